The Labute approximate surface area is 126 Å². The SMILES string of the molecule is [Ge].[S-]CCOCC[S-].[S-]CCOCC[S-]. The molecular formula is C8H16GeO2S4-4. The molecule has 4 radical (unpaired) electrons. The zero-order valence-electron chi connectivity index (χ0n) is 8.61. The molecule has 0 fully saturated rings. The topological polar surface area (TPSA) is 18.5 Å². The van der Waals surface area contributed by atoms with Crippen molar-refractivity contribution in [3.05, 3.63) is 0 Å². The van der Waals surface area contributed by atoms with E-state index >= 15 is 0 Å². The summed E-state index contributed by atoms with van der Waals surface area (Å²) >= 11 is 18.4. The third-order valence-electron chi connectivity index (χ3n) is 0.911. The molecular weight excluding hydrogens is 329 g/mol. The molecule has 15 heavy (non-hydrogen) atoms. The van der Waals surface area contributed by atoms with Gasteiger partial charge < -0.3 is 60.0 Å². The van der Waals surface area contributed by atoms with Crippen molar-refractivity contribution in [2.24, 2.45) is 0 Å². The first-order valence-electron chi connectivity index (χ1n) is 4.31. The van der Waals surface area contributed by atoms with Gasteiger partial charge in [-0.1, -0.05) is 0 Å². The molecule has 0 aliphatic carbocycles. The minimum Gasteiger partial charge on any atom is -0.790 e. The predicted octanol–water partition coefficient (Wildman–Crippen LogP) is -0.187. The van der Waals surface area contributed by atoms with Crippen LogP contribution >= 0.6 is 0 Å². The van der Waals surface area contributed by atoms with Crippen molar-refractivity contribution in [3.63, 3.8) is 0 Å². The molecule has 0 spiro atoms. The van der Waals surface area contributed by atoms with Gasteiger partial charge >= 0.3 is 0 Å². The summed E-state index contributed by atoms with van der Waals surface area (Å²) in [7, 11) is 0. The van der Waals surface area contributed by atoms with Gasteiger partial charge in [0.2, 0.25) is 0 Å². The summed E-state index contributed by atoms with van der Waals surface area (Å²) in [6.45, 7) is 2.69. The summed E-state index contributed by atoms with van der Waals surface area (Å²) in [5.41, 5.74) is 0. The Balaban J connectivity index is -0.000000180. The molecule has 0 aromatic rings. The van der Waals surface area contributed by atoms with Crippen LogP contribution in [0.5, 0.6) is 0 Å². The fraction of sp³-hybridized carbons (Fsp3) is 1.00. The number of rotatable bonds is 8. The second-order valence-corrected chi connectivity index (χ2v) is 3.67. The second kappa shape index (κ2) is 24.9. The number of hydrogen-bond acceptors (Lipinski definition) is 6. The van der Waals surface area contributed by atoms with Crippen LogP contribution in [-0.4, -0.2) is 67.0 Å². The van der Waals surface area contributed by atoms with Crippen molar-refractivity contribution in [2.75, 3.05) is 49.4 Å². The Kier molecular flexibility index (Phi) is 36.7. The number of hydrogen-bond donors (Lipinski definition) is 0. The molecule has 0 saturated carbocycles. The Morgan fingerprint density at radius 3 is 0.867 bits per heavy atom. The van der Waals surface area contributed by atoms with E-state index in [9.17, 15) is 0 Å². The van der Waals surface area contributed by atoms with Crippen LogP contribution in [0.1, 0.15) is 0 Å². The molecule has 92 valence electrons. The molecule has 0 atom stereocenters. The summed E-state index contributed by atoms with van der Waals surface area (Å²) in [6.07, 6.45) is 0. The summed E-state index contributed by atoms with van der Waals surface area (Å²) in [5.74, 6) is 2.70. The summed E-state index contributed by atoms with van der Waals surface area (Å²) in [6, 6.07) is 0. The minimum absolute atomic E-state index is 0. The molecule has 0 rings (SSSR count). The molecule has 0 unspecified atom stereocenters. The van der Waals surface area contributed by atoms with Gasteiger partial charge in [0.1, 0.15) is 0 Å². The molecule has 0 amide bonds. The van der Waals surface area contributed by atoms with Crippen LogP contribution in [0.25, 0.3) is 0 Å². The Morgan fingerprint density at radius 2 is 0.733 bits per heavy atom. The molecule has 0 aliphatic heterocycles. The first-order chi connectivity index (χ1) is 6.83. The zero-order valence-corrected chi connectivity index (χ0v) is 14.0. The molecule has 0 N–H and O–H groups in total. The molecule has 0 aliphatic rings. The monoisotopic (exact) mass is 346 g/mol. The predicted molar refractivity (Wildman–Crippen MR) is 76.3 cm³/mol. The van der Waals surface area contributed by atoms with Crippen molar-refractivity contribution in [1.82, 2.24) is 0 Å². The van der Waals surface area contributed by atoms with Gasteiger partial charge in [0.25, 0.3) is 0 Å². The Morgan fingerprint density at radius 1 is 0.533 bits per heavy atom. The van der Waals surface area contributed by atoms with Gasteiger partial charge in [0.05, 0.1) is 0 Å². The van der Waals surface area contributed by atoms with Crippen LogP contribution in [-0.2, 0) is 60.0 Å². The maximum Gasteiger partial charge on any atom is 0.0247 e. The van der Waals surface area contributed by atoms with Gasteiger partial charge in [0, 0.05) is 44.0 Å². The van der Waals surface area contributed by atoms with Gasteiger partial charge in [-0.05, 0) is 0 Å². The van der Waals surface area contributed by atoms with E-state index < -0.39 is 0 Å². The van der Waals surface area contributed by atoms with E-state index in [1.54, 1.807) is 0 Å². The first kappa shape index (κ1) is 22.1. The van der Waals surface area contributed by atoms with Gasteiger partial charge in [0.15, 0.2) is 0 Å². The van der Waals surface area contributed by atoms with Crippen LogP contribution in [0.4, 0.5) is 0 Å². The maximum absolute atomic E-state index is 4.92. The first-order valence-corrected chi connectivity index (χ1v) is 6.62. The molecule has 0 bridgehead atoms. The normalized spacial score (nSPS) is 8.80. The van der Waals surface area contributed by atoms with Crippen LogP contribution in [0.15, 0.2) is 0 Å². The third-order valence-corrected chi connectivity index (χ3v) is 1.58. The second-order valence-electron chi connectivity index (χ2n) is 2.04. The molecule has 0 aromatic heterocycles. The van der Waals surface area contributed by atoms with Crippen molar-refractivity contribution in [2.45, 2.75) is 0 Å². The standard InChI is InChI=1S/2C4H10OS2.Ge/c2*6-3-1-5-2-4-7;/h2*6-7H,1-4H2;/p-4. The molecule has 2 nitrogen and oxygen atoms in total. The quantitative estimate of drug-likeness (QED) is 0.343. The van der Waals surface area contributed by atoms with Gasteiger partial charge in [-0.3, -0.25) is 0 Å². The Bertz CT molecular complexity index is 73.0. The van der Waals surface area contributed by atoms with Gasteiger partial charge in [-0.25, -0.2) is 0 Å². The van der Waals surface area contributed by atoms with E-state index in [1.165, 1.54) is 0 Å². The fourth-order valence-electron chi connectivity index (χ4n) is 0.440. The average Bonchev–Trinajstić information content (AvgIpc) is 2.21. The summed E-state index contributed by atoms with van der Waals surface area (Å²) < 4.78 is 9.85. The largest absolute Gasteiger partial charge is 0.790 e. The van der Waals surface area contributed by atoms with Gasteiger partial charge in [-0.15, -0.1) is 0 Å². The summed E-state index contributed by atoms with van der Waals surface area (Å²) in [4.78, 5) is 0. The molecule has 0 heterocycles. The van der Waals surface area contributed by atoms with Crippen LogP contribution < -0.4 is 0 Å². The molecule has 0 saturated heterocycles. The van der Waals surface area contributed by atoms with Gasteiger partial charge in [-0.2, -0.15) is 23.0 Å². The van der Waals surface area contributed by atoms with E-state index in [0.717, 1.165) is 0 Å². The Hall–Kier alpha value is 1.86. The zero-order chi connectivity index (χ0) is 11.1. The molecule has 7 heteroatoms. The number of ether oxygens (including phenoxy) is 2. The van der Waals surface area contributed by atoms with Crippen molar-refractivity contribution in [3.8, 4) is 0 Å². The fourth-order valence-corrected chi connectivity index (χ4v) is 0.911. The van der Waals surface area contributed by atoms with E-state index in [2.05, 4.69) is 50.5 Å². The van der Waals surface area contributed by atoms with Crippen molar-refractivity contribution < 1.29 is 9.47 Å². The van der Waals surface area contributed by atoms with E-state index in [0.29, 0.717) is 49.4 Å². The van der Waals surface area contributed by atoms with Crippen LogP contribution in [0, 0.1) is 0 Å². The summed E-state index contributed by atoms with van der Waals surface area (Å²) in [5, 5.41) is 0. The van der Waals surface area contributed by atoms with Crippen molar-refractivity contribution in [1.29, 1.82) is 0 Å². The molecule has 0 aromatic carbocycles. The maximum atomic E-state index is 4.92. The van der Waals surface area contributed by atoms with Crippen molar-refractivity contribution >= 4 is 68.1 Å². The van der Waals surface area contributed by atoms with Crippen LogP contribution in [0.2, 0.25) is 0 Å². The third kappa shape index (κ3) is 31.3. The average molecular weight is 345 g/mol. The van der Waals surface area contributed by atoms with E-state index in [4.69, 9.17) is 9.47 Å². The van der Waals surface area contributed by atoms with E-state index in [-0.39, 0.29) is 17.6 Å². The van der Waals surface area contributed by atoms with E-state index in [1.807, 2.05) is 0 Å². The van der Waals surface area contributed by atoms with Crippen LogP contribution in [0.3, 0.4) is 0 Å². The minimum atomic E-state index is 0. The smallest absolute Gasteiger partial charge is 0.0247 e.